The van der Waals surface area contributed by atoms with Crippen LogP contribution in [0.4, 0.5) is 4.79 Å². The number of amides is 1. The van der Waals surface area contributed by atoms with Crippen molar-refractivity contribution in [3.8, 4) is 0 Å². The summed E-state index contributed by atoms with van der Waals surface area (Å²) in [5.41, 5.74) is 3.74. The number of rotatable bonds is 7. The zero-order chi connectivity index (χ0) is 24.9. The summed E-state index contributed by atoms with van der Waals surface area (Å²) in [6.07, 6.45) is 8.00. The van der Waals surface area contributed by atoms with Crippen molar-refractivity contribution >= 4 is 24.4 Å². The first-order valence-corrected chi connectivity index (χ1v) is 15.9. The molecule has 0 atom stereocenters. The van der Waals surface area contributed by atoms with E-state index in [0.29, 0.717) is 4.31 Å². The zero-order valence-electron chi connectivity index (χ0n) is 21.1. The second kappa shape index (κ2) is 10.6. The van der Waals surface area contributed by atoms with E-state index >= 15 is 0 Å². The predicted octanol–water partition coefficient (Wildman–Crippen LogP) is 6.19. The Hall–Kier alpha value is -1.86. The van der Waals surface area contributed by atoms with Crippen LogP contribution in [0.1, 0.15) is 58.4 Å². The van der Waals surface area contributed by atoms with Gasteiger partial charge in [0.1, 0.15) is 6.61 Å². The molecule has 1 amide bonds. The van der Waals surface area contributed by atoms with Crippen molar-refractivity contribution in [3.05, 3.63) is 47.7 Å². The maximum atomic E-state index is 12.6. The molecule has 1 aromatic rings. The van der Waals surface area contributed by atoms with Crippen molar-refractivity contribution < 1.29 is 22.4 Å². The highest BCUT2D eigenvalue weighted by Crippen LogP contribution is 2.43. The lowest BCUT2D eigenvalue weighted by Gasteiger charge is -2.46. The summed E-state index contributed by atoms with van der Waals surface area (Å²) in [4.78, 5) is 12.3. The summed E-state index contributed by atoms with van der Waals surface area (Å²) in [6.45, 7) is 13.0. The first-order chi connectivity index (χ1) is 15.2. The molecule has 1 aliphatic rings. The van der Waals surface area contributed by atoms with Gasteiger partial charge in [0.15, 0.2) is 8.32 Å². The Morgan fingerprint density at radius 3 is 2.27 bits per heavy atom. The molecule has 0 unspecified atom stereocenters. The molecule has 0 spiro atoms. The van der Waals surface area contributed by atoms with Crippen LogP contribution < -0.4 is 0 Å². The fourth-order valence-electron chi connectivity index (χ4n) is 3.52. The van der Waals surface area contributed by atoms with Crippen LogP contribution in [-0.2, 0) is 19.2 Å². The molecule has 0 aliphatic heterocycles. The van der Waals surface area contributed by atoms with Gasteiger partial charge >= 0.3 is 6.09 Å². The molecule has 0 heterocycles. The Morgan fingerprint density at radius 1 is 1.15 bits per heavy atom. The number of sulfonamides is 1. The number of hydrogen-bond donors (Lipinski definition) is 0. The minimum atomic E-state index is -3.96. The van der Waals surface area contributed by atoms with E-state index in [1.165, 1.54) is 25.6 Å². The Morgan fingerprint density at radius 2 is 1.73 bits per heavy atom. The molecule has 0 radical (unpaired) electrons. The molecule has 33 heavy (non-hydrogen) atoms. The van der Waals surface area contributed by atoms with Gasteiger partial charge < -0.3 is 9.16 Å². The van der Waals surface area contributed by atoms with Gasteiger partial charge in [-0.25, -0.2) is 17.5 Å². The number of nitrogens with zero attached hydrogens (tertiary/aromatic N) is 1. The Bertz CT molecular complexity index is 981. The SMILES string of the molecule is Cc1ccc(S(=O)(=O)N(C)C(=O)OCC=C=CC2(O[Si](C)(C)C(C)(C)C)CCCCC2)cc1. The number of hydrogen-bond acceptors (Lipinski definition) is 5. The van der Waals surface area contributed by atoms with Gasteiger partial charge in [0.2, 0.25) is 0 Å². The summed E-state index contributed by atoms with van der Waals surface area (Å²) in [5, 5.41) is 0.109. The minimum absolute atomic E-state index is 0.0463. The lowest BCUT2D eigenvalue weighted by molar-refractivity contribution is 0.0626. The highest BCUT2D eigenvalue weighted by atomic mass is 32.2. The number of benzene rings is 1. The molecule has 1 saturated carbocycles. The van der Waals surface area contributed by atoms with E-state index in [4.69, 9.17) is 9.16 Å². The van der Waals surface area contributed by atoms with Gasteiger partial charge in [-0.15, -0.1) is 5.73 Å². The first-order valence-electron chi connectivity index (χ1n) is 11.5. The third kappa shape index (κ3) is 7.06. The topological polar surface area (TPSA) is 72.9 Å². The van der Waals surface area contributed by atoms with Crippen LogP contribution in [0.3, 0.4) is 0 Å². The molecule has 8 heteroatoms. The quantitative estimate of drug-likeness (QED) is 0.334. The molecule has 0 aromatic heterocycles. The van der Waals surface area contributed by atoms with Crippen LogP contribution in [0, 0.1) is 6.92 Å². The Balaban J connectivity index is 2.05. The van der Waals surface area contributed by atoms with Crippen LogP contribution in [0.2, 0.25) is 18.1 Å². The second-order valence-corrected chi connectivity index (χ2v) is 17.1. The van der Waals surface area contributed by atoms with Gasteiger partial charge in [0.25, 0.3) is 10.0 Å². The van der Waals surface area contributed by atoms with Gasteiger partial charge in [-0.1, -0.05) is 57.7 Å². The van der Waals surface area contributed by atoms with Gasteiger partial charge in [-0.05, 0) is 62.2 Å². The molecular formula is C25H39NO5SSi. The summed E-state index contributed by atoms with van der Waals surface area (Å²) in [5.74, 6) is 0. The standard InChI is InChI=1S/C25H39NO5SSi/c1-21-13-15-22(16-14-21)32(28,29)26(5)23(27)30-20-12-11-19-25(17-9-8-10-18-25)31-33(6,7)24(2,3)4/h12-16,19H,8-10,17-18,20H2,1-7H3. The average molecular weight is 494 g/mol. The van der Waals surface area contributed by atoms with E-state index in [9.17, 15) is 13.2 Å². The molecule has 0 N–H and O–H groups in total. The summed E-state index contributed by atoms with van der Waals surface area (Å²) < 4.78 is 37.8. The number of aryl methyl sites for hydroxylation is 1. The largest absolute Gasteiger partial charge is 0.444 e. The molecule has 1 aromatic carbocycles. The maximum Gasteiger partial charge on any atom is 0.423 e. The van der Waals surface area contributed by atoms with Gasteiger partial charge in [0, 0.05) is 7.05 Å². The van der Waals surface area contributed by atoms with E-state index < -0.39 is 24.4 Å². The summed E-state index contributed by atoms with van der Waals surface area (Å²) >= 11 is 0. The predicted molar refractivity (Wildman–Crippen MR) is 134 cm³/mol. The highest BCUT2D eigenvalue weighted by Gasteiger charge is 2.44. The lowest BCUT2D eigenvalue weighted by atomic mass is 9.85. The third-order valence-corrected chi connectivity index (χ3v) is 12.9. The van der Waals surface area contributed by atoms with Crippen LogP contribution in [-0.4, -0.2) is 46.4 Å². The van der Waals surface area contributed by atoms with Crippen LogP contribution >= 0.6 is 0 Å². The summed E-state index contributed by atoms with van der Waals surface area (Å²) in [7, 11) is -4.73. The maximum absolute atomic E-state index is 12.6. The number of carbonyl (C=O) groups is 1. The normalized spacial score (nSPS) is 16.5. The van der Waals surface area contributed by atoms with Crippen molar-refractivity contribution in [1.29, 1.82) is 0 Å². The van der Waals surface area contributed by atoms with Crippen molar-refractivity contribution in [2.75, 3.05) is 13.7 Å². The molecule has 0 bridgehead atoms. The van der Waals surface area contributed by atoms with Gasteiger partial charge in [-0.3, -0.25) is 0 Å². The smallest absolute Gasteiger partial charge is 0.423 e. The van der Waals surface area contributed by atoms with Crippen LogP contribution in [0.15, 0.2) is 47.0 Å². The van der Waals surface area contributed by atoms with E-state index in [0.717, 1.165) is 31.2 Å². The van der Waals surface area contributed by atoms with Crippen molar-refractivity contribution in [2.24, 2.45) is 0 Å². The van der Waals surface area contributed by atoms with Crippen LogP contribution in [0.5, 0.6) is 0 Å². The van der Waals surface area contributed by atoms with Crippen LogP contribution in [0.25, 0.3) is 0 Å². The van der Waals surface area contributed by atoms with E-state index in [1.807, 2.05) is 13.0 Å². The highest BCUT2D eigenvalue weighted by molar-refractivity contribution is 7.89. The zero-order valence-corrected chi connectivity index (χ0v) is 22.9. The molecular weight excluding hydrogens is 454 g/mol. The average Bonchev–Trinajstić information content (AvgIpc) is 2.72. The van der Waals surface area contributed by atoms with Crippen molar-refractivity contribution in [1.82, 2.24) is 4.31 Å². The van der Waals surface area contributed by atoms with E-state index in [-0.39, 0.29) is 22.1 Å². The minimum Gasteiger partial charge on any atom is -0.444 e. The molecule has 2 rings (SSSR count). The molecule has 184 valence electrons. The molecule has 0 saturated heterocycles. The van der Waals surface area contributed by atoms with Gasteiger partial charge in [0.05, 0.1) is 10.5 Å². The number of ether oxygens (including phenoxy) is 1. The summed E-state index contributed by atoms with van der Waals surface area (Å²) in [6, 6.07) is 6.32. The fraction of sp³-hybridized carbons (Fsp3) is 0.600. The van der Waals surface area contributed by atoms with Gasteiger partial charge in [-0.2, -0.15) is 0 Å². The number of carbonyl (C=O) groups excluding carboxylic acids is 1. The lowest BCUT2D eigenvalue weighted by Crippen LogP contribution is -2.49. The monoisotopic (exact) mass is 493 g/mol. The molecule has 6 nitrogen and oxygen atoms in total. The first kappa shape index (κ1) is 27.4. The van der Waals surface area contributed by atoms with E-state index in [1.54, 1.807) is 18.2 Å². The Kier molecular flexibility index (Phi) is 8.79. The van der Waals surface area contributed by atoms with Crippen molar-refractivity contribution in [3.63, 3.8) is 0 Å². The second-order valence-electron chi connectivity index (χ2n) is 10.4. The van der Waals surface area contributed by atoms with E-state index in [2.05, 4.69) is 39.6 Å². The Labute approximate surface area is 200 Å². The molecule has 1 aliphatic carbocycles. The fourth-order valence-corrected chi connectivity index (χ4v) is 6.15. The van der Waals surface area contributed by atoms with Crippen molar-refractivity contribution in [2.45, 2.75) is 88.4 Å². The molecule has 1 fully saturated rings. The third-order valence-electron chi connectivity index (χ3n) is 6.66.